The zero-order valence-corrected chi connectivity index (χ0v) is 12.0. The quantitative estimate of drug-likeness (QED) is 0.795. The molecule has 0 N–H and O–H groups in total. The first kappa shape index (κ1) is 13.8. The van der Waals surface area contributed by atoms with Gasteiger partial charge >= 0.3 is 0 Å². The summed E-state index contributed by atoms with van der Waals surface area (Å²) in [5.41, 5.74) is 0.676. The minimum atomic E-state index is 0.0908. The van der Waals surface area contributed by atoms with Crippen molar-refractivity contribution >= 4 is 11.7 Å². The summed E-state index contributed by atoms with van der Waals surface area (Å²) < 4.78 is 0. The lowest BCUT2D eigenvalue weighted by Gasteiger charge is -2.20. The van der Waals surface area contributed by atoms with E-state index in [0.29, 0.717) is 5.56 Å². The molecule has 0 saturated carbocycles. The van der Waals surface area contributed by atoms with Crippen molar-refractivity contribution in [3.8, 4) is 0 Å². The fourth-order valence-corrected chi connectivity index (χ4v) is 2.21. The molecule has 0 radical (unpaired) electrons. The highest BCUT2D eigenvalue weighted by Crippen LogP contribution is 2.11. The summed E-state index contributed by atoms with van der Waals surface area (Å²) >= 11 is 0. The van der Waals surface area contributed by atoms with Gasteiger partial charge < -0.3 is 14.7 Å². The molecule has 1 aliphatic rings. The molecular formula is C14H22N4O. The Morgan fingerprint density at radius 3 is 2.63 bits per heavy atom. The van der Waals surface area contributed by atoms with Crippen LogP contribution in [0.15, 0.2) is 18.3 Å². The Labute approximate surface area is 114 Å². The molecule has 1 aliphatic heterocycles. The Morgan fingerprint density at radius 2 is 2.00 bits per heavy atom. The maximum atomic E-state index is 12.4. The van der Waals surface area contributed by atoms with Crippen LogP contribution in [0.3, 0.4) is 0 Å². The van der Waals surface area contributed by atoms with Gasteiger partial charge in [0.1, 0.15) is 5.82 Å². The summed E-state index contributed by atoms with van der Waals surface area (Å²) in [7, 11) is 5.98. The SMILES string of the molecule is CN1CCCN(C(=O)c2ccc(N(C)C)nc2)CC1. The molecule has 19 heavy (non-hydrogen) atoms. The summed E-state index contributed by atoms with van der Waals surface area (Å²) in [6.45, 7) is 3.62. The molecule has 2 heterocycles. The maximum absolute atomic E-state index is 12.4. The molecule has 1 amide bonds. The van der Waals surface area contributed by atoms with Crippen molar-refractivity contribution in [2.75, 3.05) is 52.2 Å². The maximum Gasteiger partial charge on any atom is 0.255 e. The van der Waals surface area contributed by atoms with Crippen LogP contribution in [0.25, 0.3) is 0 Å². The molecule has 1 aromatic rings. The molecule has 1 saturated heterocycles. The van der Waals surface area contributed by atoms with Crippen LogP contribution in [0.4, 0.5) is 5.82 Å². The van der Waals surface area contributed by atoms with Crippen molar-refractivity contribution in [1.82, 2.24) is 14.8 Å². The number of amides is 1. The lowest BCUT2D eigenvalue weighted by molar-refractivity contribution is 0.0762. The third kappa shape index (κ3) is 3.44. The number of likely N-dealkylation sites (N-methyl/N-ethyl adjacent to an activating group) is 1. The smallest absolute Gasteiger partial charge is 0.255 e. The normalized spacial score (nSPS) is 17.1. The summed E-state index contributed by atoms with van der Waals surface area (Å²) in [5, 5.41) is 0. The van der Waals surface area contributed by atoms with Crippen molar-refractivity contribution in [1.29, 1.82) is 0 Å². The highest BCUT2D eigenvalue weighted by molar-refractivity contribution is 5.94. The van der Waals surface area contributed by atoms with Gasteiger partial charge in [0, 0.05) is 39.9 Å². The molecule has 1 aromatic heterocycles. The van der Waals surface area contributed by atoms with Crippen LogP contribution < -0.4 is 4.90 Å². The lowest BCUT2D eigenvalue weighted by atomic mass is 10.2. The van der Waals surface area contributed by atoms with Gasteiger partial charge in [0.2, 0.25) is 0 Å². The lowest BCUT2D eigenvalue weighted by Crippen LogP contribution is -2.34. The van der Waals surface area contributed by atoms with Crippen LogP contribution in [-0.4, -0.2) is 68.0 Å². The molecular weight excluding hydrogens is 240 g/mol. The largest absolute Gasteiger partial charge is 0.363 e. The van der Waals surface area contributed by atoms with Crippen LogP contribution >= 0.6 is 0 Å². The minimum Gasteiger partial charge on any atom is -0.363 e. The summed E-state index contributed by atoms with van der Waals surface area (Å²) in [4.78, 5) is 22.8. The van der Waals surface area contributed by atoms with Crippen molar-refractivity contribution in [2.24, 2.45) is 0 Å². The van der Waals surface area contributed by atoms with Gasteiger partial charge in [-0.3, -0.25) is 4.79 Å². The molecule has 1 fully saturated rings. The minimum absolute atomic E-state index is 0.0908. The van der Waals surface area contributed by atoms with Crippen molar-refractivity contribution in [2.45, 2.75) is 6.42 Å². The van der Waals surface area contributed by atoms with E-state index < -0.39 is 0 Å². The molecule has 0 unspecified atom stereocenters. The van der Waals surface area contributed by atoms with Crippen LogP contribution in [0.5, 0.6) is 0 Å². The number of carbonyl (C=O) groups excluding carboxylic acids is 1. The highest BCUT2D eigenvalue weighted by atomic mass is 16.2. The van der Waals surface area contributed by atoms with E-state index >= 15 is 0 Å². The van der Waals surface area contributed by atoms with E-state index in [4.69, 9.17) is 0 Å². The van der Waals surface area contributed by atoms with Gasteiger partial charge in [-0.25, -0.2) is 4.98 Å². The van der Waals surface area contributed by atoms with E-state index in [-0.39, 0.29) is 5.91 Å². The van der Waals surface area contributed by atoms with Gasteiger partial charge in [-0.1, -0.05) is 0 Å². The third-order valence-corrected chi connectivity index (χ3v) is 3.46. The number of aromatic nitrogens is 1. The standard InChI is InChI=1S/C14H22N4O/c1-16(2)13-6-5-12(11-15-13)14(19)18-8-4-7-17(3)9-10-18/h5-6,11H,4,7-10H2,1-3H3. The molecule has 0 bridgehead atoms. The Kier molecular flexibility index (Phi) is 4.37. The zero-order valence-electron chi connectivity index (χ0n) is 12.0. The van der Waals surface area contributed by atoms with Crippen LogP contribution in [0.1, 0.15) is 16.8 Å². The van der Waals surface area contributed by atoms with E-state index in [2.05, 4.69) is 16.9 Å². The molecule has 5 heteroatoms. The van der Waals surface area contributed by atoms with Crippen LogP contribution in [0.2, 0.25) is 0 Å². The predicted octanol–water partition coefficient (Wildman–Crippen LogP) is 0.925. The number of hydrogen-bond acceptors (Lipinski definition) is 4. The Bertz CT molecular complexity index is 430. The van der Waals surface area contributed by atoms with Gasteiger partial charge in [0.05, 0.1) is 5.56 Å². The number of anilines is 1. The number of rotatable bonds is 2. The summed E-state index contributed by atoms with van der Waals surface area (Å²) in [6.07, 6.45) is 2.71. The predicted molar refractivity (Wildman–Crippen MR) is 76.6 cm³/mol. The number of carbonyl (C=O) groups is 1. The first-order chi connectivity index (χ1) is 9.08. The van der Waals surface area contributed by atoms with Gasteiger partial charge in [0.15, 0.2) is 0 Å². The van der Waals surface area contributed by atoms with Crippen molar-refractivity contribution in [3.05, 3.63) is 23.9 Å². The number of nitrogens with zero attached hydrogens (tertiary/aromatic N) is 4. The summed E-state index contributed by atoms with van der Waals surface area (Å²) in [6, 6.07) is 3.75. The molecule has 0 spiro atoms. The monoisotopic (exact) mass is 262 g/mol. The van der Waals surface area contributed by atoms with E-state index in [1.54, 1.807) is 6.20 Å². The molecule has 5 nitrogen and oxygen atoms in total. The van der Waals surface area contributed by atoms with E-state index in [1.807, 2.05) is 36.0 Å². The highest BCUT2D eigenvalue weighted by Gasteiger charge is 2.19. The van der Waals surface area contributed by atoms with Crippen molar-refractivity contribution in [3.63, 3.8) is 0 Å². The fraction of sp³-hybridized carbons (Fsp3) is 0.571. The molecule has 2 rings (SSSR count). The average molecular weight is 262 g/mol. The van der Waals surface area contributed by atoms with E-state index in [1.165, 1.54) is 0 Å². The Morgan fingerprint density at radius 1 is 1.21 bits per heavy atom. The number of pyridine rings is 1. The van der Waals surface area contributed by atoms with Gasteiger partial charge in [0.25, 0.3) is 5.91 Å². The topological polar surface area (TPSA) is 39.7 Å². The number of hydrogen-bond donors (Lipinski definition) is 0. The van der Waals surface area contributed by atoms with Crippen molar-refractivity contribution < 1.29 is 4.79 Å². The third-order valence-electron chi connectivity index (χ3n) is 3.46. The second-order valence-electron chi connectivity index (χ2n) is 5.25. The first-order valence-corrected chi connectivity index (χ1v) is 6.69. The molecule has 104 valence electrons. The molecule has 0 atom stereocenters. The summed E-state index contributed by atoms with van der Waals surface area (Å²) in [5.74, 6) is 0.959. The second-order valence-corrected chi connectivity index (χ2v) is 5.25. The Balaban J connectivity index is 2.06. The molecule has 0 aliphatic carbocycles. The first-order valence-electron chi connectivity index (χ1n) is 6.69. The average Bonchev–Trinajstić information content (AvgIpc) is 2.63. The van der Waals surface area contributed by atoms with E-state index in [0.717, 1.165) is 38.4 Å². The van der Waals surface area contributed by atoms with E-state index in [9.17, 15) is 4.79 Å². The van der Waals surface area contributed by atoms with Crippen LogP contribution in [-0.2, 0) is 0 Å². The zero-order chi connectivity index (χ0) is 13.8. The van der Waals surface area contributed by atoms with Gasteiger partial charge in [-0.2, -0.15) is 0 Å². The molecule has 0 aromatic carbocycles. The Hall–Kier alpha value is -1.62. The van der Waals surface area contributed by atoms with Crippen LogP contribution in [0, 0.1) is 0 Å². The van der Waals surface area contributed by atoms with Gasteiger partial charge in [-0.05, 0) is 32.1 Å². The van der Waals surface area contributed by atoms with Gasteiger partial charge in [-0.15, -0.1) is 0 Å². The fourth-order valence-electron chi connectivity index (χ4n) is 2.21. The second kappa shape index (κ2) is 6.02.